The number of benzene rings is 1. The van der Waals surface area contributed by atoms with E-state index in [0.29, 0.717) is 0 Å². The van der Waals surface area contributed by atoms with Crippen LogP contribution in [-0.4, -0.2) is 22.6 Å². The van der Waals surface area contributed by atoms with Gasteiger partial charge in [-0.05, 0) is 31.4 Å². The van der Waals surface area contributed by atoms with Crippen molar-refractivity contribution in [2.45, 2.75) is 19.3 Å². The predicted octanol–water partition coefficient (Wildman–Crippen LogP) is 2.86. The summed E-state index contributed by atoms with van der Waals surface area (Å²) in [6.07, 6.45) is 7.81. The maximum Gasteiger partial charge on any atom is 0.133 e. The Bertz CT molecular complexity index is 469. The lowest BCUT2D eigenvalue weighted by atomic mass is 10.1. The van der Waals surface area contributed by atoms with Gasteiger partial charge in [-0.25, -0.2) is 4.98 Å². The SMILES string of the molecule is c1ccc(-n2cncc2N2CCCCC2)cc1. The Morgan fingerprint density at radius 1 is 0.941 bits per heavy atom. The van der Waals surface area contributed by atoms with Gasteiger partial charge in [-0.3, -0.25) is 4.57 Å². The molecule has 0 radical (unpaired) electrons. The second-order valence-electron chi connectivity index (χ2n) is 4.51. The number of anilines is 1. The normalized spacial score (nSPS) is 16.1. The molecule has 0 saturated carbocycles. The van der Waals surface area contributed by atoms with Gasteiger partial charge in [-0.2, -0.15) is 0 Å². The molecule has 1 saturated heterocycles. The van der Waals surface area contributed by atoms with Crippen molar-refractivity contribution < 1.29 is 0 Å². The van der Waals surface area contributed by atoms with E-state index in [4.69, 9.17) is 0 Å². The highest BCUT2D eigenvalue weighted by molar-refractivity contribution is 5.47. The van der Waals surface area contributed by atoms with Crippen LogP contribution in [-0.2, 0) is 0 Å². The van der Waals surface area contributed by atoms with Crippen LogP contribution < -0.4 is 4.90 Å². The largest absolute Gasteiger partial charge is 0.356 e. The van der Waals surface area contributed by atoms with Crippen molar-refractivity contribution in [3.05, 3.63) is 42.9 Å². The fourth-order valence-corrected chi connectivity index (χ4v) is 2.43. The average molecular weight is 227 g/mol. The van der Waals surface area contributed by atoms with Crippen molar-refractivity contribution >= 4 is 5.82 Å². The van der Waals surface area contributed by atoms with E-state index in [1.807, 2.05) is 18.6 Å². The molecule has 0 atom stereocenters. The van der Waals surface area contributed by atoms with Crippen LogP contribution in [0.2, 0.25) is 0 Å². The summed E-state index contributed by atoms with van der Waals surface area (Å²) in [5.41, 5.74) is 1.19. The number of rotatable bonds is 2. The monoisotopic (exact) mass is 227 g/mol. The number of piperidine rings is 1. The lowest BCUT2D eigenvalue weighted by molar-refractivity contribution is 0.571. The maximum atomic E-state index is 4.30. The van der Waals surface area contributed by atoms with Crippen molar-refractivity contribution in [1.82, 2.24) is 9.55 Å². The Hall–Kier alpha value is -1.77. The molecule has 0 spiro atoms. The molecule has 1 aliphatic rings. The maximum absolute atomic E-state index is 4.30. The summed E-state index contributed by atoms with van der Waals surface area (Å²) in [7, 11) is 0. The van der Waals surface area contributed by atoms with Crippen LogP contribution in [0.4, 0.5) is 5.82 Å². The third-order valence-corrected chi connectivity index (χ3v) is 3.33. The Morgan fingerprint density at radius 3 is 2.47 bits per heavy atom. The van der Waals surface area contributed by atoms with Gasteiger partial charge >= 0.3 is 0 Å². The van der Waals surface area contributed by atoms with Crippen molar-refractivity contribution in [1.29, 1.82) is 0 Å². The minimum Gasteiger partial charge on any atom is -0.356 e. The number of aromatic nitrogens is 2. The topological polar surface area (TPSA) is 21.1 Å². The van der Waals surface area contributed by atoms with Gasteiger partial charge in [-0.1, -0.05) is 18.2 Å². The van der Waals surface area contributed by atoms with Gasteiger partial charge < -0.3 is 4.90 Å². The Morgan fingerprint density at radius 2 is 1.71 bits per heavy atom. The fourth-order valence-electron chi connectivity index (χ4n) is 2.43. The van der Waals surface area contributed by atoms with E-state index in [2.05, 4.69) is 38.7 Å². The molecule has 0 bridgehead atoms. The van der Waals surface area contributed by atoms with Crippen LogP contribution in [0.1, 0.15) is 19.3 Å². The van der Waals surface area contributed by atoms with E-state index in [1.54, 1.807) is 0 Å². The highest BCUT2D eigenvalue weighted by Crippen LogP contribution is 2.22. The number of hydrogen-bond donors (Lipinski definition) is 0. The molecule has 1 aliphatic heterocycles. The Labute approximate surface area is 102 Å². The van der Waals surface area contributed by atoms with Crippen LogP contribution in [0.5, 0.6) is 0 Å². The van der Waals surface area contributed by atoms with E-state index in [1.165, 1.54) is 30.8 Å². The van der Waals surface area contributed by atoms with Crippen molar-refractivity contribution in [3.8, 4) is 5.69 Å². The minimum absolute atomic E-state index is 1.15. The van der Waals surface area contributed by atoms with E-state index in [-0.39, 0.29) is 0 Å². The zero-order valence-electron chi connectivity index (χ0n) is 9.92. The van der Waals surface area contributed by atoms with Crippen molar-refractivity contribution in [2.75, 3.05) is 18.0 Å². The first-order chi connectivity index (χ1) is 8.45. The molecular formula is C14H17N3. The second-order valence-corrected chi connectivity index (χ2v) is 4.51. The number of hydrogen-bond acceptors (Lipinski definition) is 2. The zero-order valence-corrected chi connectivity index (χ0v) is 9.92. The highest BCUT2D eigenvalue weighted by Gasteiger charge is 2.15. The molecule has 2 aromatic rings. The molecule has 88 valence electrons. The van der Waals surface area contributed by atoms with E-state index in [0.717, 1.165) is 13.1 Å². The third-order valence-electron chi connectivity index (χ3n) is 3.33. The lowest BCUT2D eigenvalue weighted by Gasteiger charge is -2.29. The molecule has 3 heteroatoms. The summed E-state index contributed by atoms with van der Waals surface area (Å²) in [4.78, 5) is 6.73. The number of para-hydroxylation sites is 1. The molecule has 0 amide bonds. The summed E-state index contributed by atoms with van der Waals surface area (Å²) in [6, 6.07) is 10.4. The molecule has 0 aliphatic carbocycles. The molecule has 2 heterocycles. The lowest BCUT2D eigenvalue weighted by Crippen LogP contribution is -2.30. The van der Waals surface area contributed by atoms with Crippen LogP contribution >= 0.6 is 0 Å². The molecular weight excluding hydrogens is 210 g/mol. The van der Waals surface area contributed by atoms with Gasteiger partial charge in [0.15, 0.2) is 0 Å². The summed E-state index contributed by atoms with van der Waals surface area (Å²) in [5, 5.41) is 0. The van der Waals surface area contributed by atoms with E-state index in [9.17, 15) is 0 Å². The zero-order chi connectivity index (χ0) is 11.5. The van der Waals surface area contributed by atoms with Gasteiger partial charge in [0.05, 0.1) is 6.20 Å². The van der Waals surface area contributed by atoms with E-state index >= 15 is 0 Å². The van der Waals surface area contributed by atoms with Crippen molar-refractivity contribution in [2.24, 2.45) is 0 Å². The second kappa shape index (κ2) is 4.62. The standard InChI is InChI=1S/C14H17N3/c1-3-7-13(8-4-1)17-12-15-11-14(17)16-9-5-2-6-10-16/h1,3-4,7-8,11-12H,2,5-6,9-10H2. The number of imidazole rings is 1. The number of nitrogens with zero attached hydrogens (tertiary/aromatic N) is 3. The molecule has 3 rings (SSSR count). The minimum atomic E-state index is 1.15. The van der Waals surface area contributed by atoms with Crippen LogP contribution in [0.3, 0.4) is 0 Å². The fraction of sp³-hybridized carbons (Fsp3) is 0.357. The van der Waals surface area contributed by atoms with Gasteiger partial charge in [0, 0.05) is 18.8 Å². The Kier molecular flexibility index (Phi) is 2.82. The first-order valence-corrected chi connectivity index (χ1v) is 6.28. The molecule has 17 heavy (non-hydrogen) atoms. The quantitative estimate of drug-likeness (QED) is 0.786. The van der Waals surface area contributed by atoms with E-state index < -0.39 is 0 Å². The van der Waals surface area contributed by atoms with Crippen LogP contribution in [0, 0.1) is 0 Å². The molecule has 1 fully saturated rings. The third kappa shape index (κ3) is 2.05. The Balaban J connectivity index is 1.93. The van der Waals surface area contributed by atoms with Gasteiger partial charge in [0.2, 0.25) is 0 Å². The van der Waals surface area contributed by atoms with Crippen LogP contribution in [0.15, 0.2) is 42.9 Å². The van der Waals surface area contributed by atoms with Gasteiger partial charge in [0.1, 0.15) is 12.1 Å². The summed E-state index contributed by atoms with van der Waals surface area (Å²) >= 11 is 0. The average Bonchev–Trinajstić information content (AvgIpc) is 2.90. The molecule has 0 unspecified atom stereocenters. The van der Waals surface area contributed by atoms with Crippen molar-refractivity contribution in [3.63, 3.8) is 0 Å². The van der Waals surface area contributed by atoms with Crippen LogP contribution in [0.25, 0.3) is 5.69 Å². The molecule has 0 N–H and O–H groups in total. The first kappa shape index (κ1) is 10.4. The highest BCUT2D eigenvalue weighted by atomic mass is 15.3. The predicted molar refractivity (Wildman–Crippen MR) is 69.6 cm³/mol. The first-order valence-electron chi connectivity index (χ1n) is 6.28. The summed E-state index contributed by atoms with van der Waals surface area (Å²) in [6.45, 7) is 2.30. The summed E-state index contributed by atoms with van der Waals surface area (Å²) < 4.78 is 2.17. The summed E-state index contributed by atoms with van der Waals surface area (Å²) in [5.74, 6) is 1.22. The van der Waals surface area contributed by atoms with Gasteiger partial charge in [0.25, 0.3) is 0 Å². The molecule has 1 aromatic carbocycles. The molecule has 1 aromatic heterocycles. The van der Waals surface area contributed by atoms with Gasteiger partial charge in [-0.15, -0.1) is 0 Å². The smallest absolute Gasteiger partial charge is 0.133 e. The molecule has 3 nitrogen and oxygen atoms in total.